The topological polar surface area (TPSA) is 57.1 Å². The van der Waals surface area contributed by atoms with Crippen molar-refractivity contribution < 1.29 is 9.84 Å². The van der Waals surface area contributed by atoms with E-state index in [-0.39, 0.29) is 6.10 Å². The van der Waals surface area contributed by atoms with E-state index >= 15 is 0 Å². The summed E-state index contributed by atoms with van der Waals surface area (Å²) < 4.78 is 5.71. The molecule has 1 atom stereocenters. The van der Waals surface area contributed by atoms with Gasteiger partial charge in [-0.3, -0.25) is 4.99 Å². The van der Waals surface area contributed by atoms with Gasteiger partial charge in [-0.1, -0.05) is 26.0 Å². The summed E-state index contributed by atoms with van der Waals surface area (Å²) >= 11 is 0. The van der Waals surface area contributed by atoms with Crippen LogP contribution in [-0.4, -0.2) is 54.9 Å². The number of likely N-dealkylation sites (tertiary alicyclic amines) is 1. The summed E-state index contributed by atoms with van der Waals surface area (Å²) in [6, 6.07) is 8.28. The minimum absolute atomic E-state index is 0.229. The van der Waals surface area contributed by atoms with Gasteiger partial charge in [0.15, 0.2) is 5.96 Å². The van der Waals surface area contributed by atoms with Crippen molar-refractivity contribution in [2.24, 2.45) is 10.9 Å². The number of ether oxygens (including phenoxy) is 1. The van der Waals surface area contributed by atoms with Crippen LogP contribution in [0.25, 0.3) is 0 Å². The molecule has 0 aliphatic carbocycles. The molecule has 2 rings (SSSR count). The first-order valence-corrected chi connectivity index (χ1v) is 9.01. The molecule has 1 aliphatic rings. The van der Waals surface area contributed by atoms with Crippen molar-refractivity contribution in [3.8, 4) is 5.75 Å². The third-order valence-corrected chi connectivity index (χ3v) is 3.97. The lowest BCUT2D eigenvalue weighted by molar-refractivity contribution is 0.188. The SMILES string of the molecule is CCNC(=NCCc1ccc(OCC(C)C)cc1)N1CC[C@@H](O)C1. The number of rotatable bonds is 7. The lowest BCUT2D eigenvalue weighted by atomic mass is 10.1. The average Bonchev–Trinajstić information content (AvgIpc) is 2.99. The summed E-state index contributed by atoms with van der Waals surface area (Å²) in [4.78, 5) is 6.83. The Morgan fingerprint density at radius 3 is 2.71 bits per heavy atom. The number of guanidine groups is 1. The molecule has 0 unspecified atom stereocenters. The molecule has 134 valence electrons. The number of benzene rings is 1. The Kier molecular flexibility index (Phi) is 7.37. The van der Waals surface area contributed by atoms with Gasteiger partial charge in [-0.05, 0) is 43.4 Å². The number of aliphatic imine (C=N–C) groups is 1. The van der Waals surface area contributed by atoms with Crippen LogP contribution in [0.1, 0.15) is 32.8 Å². The highest BCUT2D eigenvalue weighted by Gasteiger charge is 2.22. The molecule has 24 heavy (non-hydrogen) atoms. The van der Waals surface area contributed by atoms with Crippen molar-refractivity contribution in [2.45, 2.75) is 39.7 Å². The molecule has 1 fully saturated rings. The van der Waals surface area contributed by atoms with E-state index in [0.717, 1.165) is 50.8 Å². The van der Waals surface area contributed by atoms with Crippen molar-refractivity contribution in [1.82, 2.24) is 10.2 Å². The van der Waals surface area contributed by atoms with E-state index in [4.69, 9.17) is 9.73 Å². The van der Waals surface area contributed by atoms with Gasteiger partial charge in [0.1, 0.15) is 5.75 Å². The van der Waals surface area contributed by atoms with E-state index in [1.165, 1.54) is 5.56 Å². The maximum Gasteiger partial charge on any atom is 0.194 e. The largest absolute Gasteiger partial charge is 0.493 e. The lowest BCUT2D eigenvalue weighted by Gasteiger charge is -2.20. The van der Waals surface area contributed by atoms with E-state index in [1.54, 1.807) is 0 Å². The molecule has 0 spiro atoms. The zero-order chi connectivity index (χ0) is 17.4. The van der Waals surface area contributed by atoms with Crippen LogP contribution in [0, 0.1) is 5.92 Å². The van der Waals surface area contributed by atoms with Crippen LogP contribution in [-0.2, 0) is 6.42 Å². The van der Waals surface area contributed by atoms with Gasteiger partial charge < -0.3 is 20.1 Å². The summed E-state index contributed by atoms with van der Waals surface area (Å²) in [6.45, 7) is 10.2. The summed E-state index contributed by atoms with van der Waals surface area (Å²) in [6.07, 6.45) is 1.49. The van der Waals surface area contributed by atoms with Gasteiger partial charge in [-0.2, -0.15) is 0 Å². The summed E-state index contributed by atoms with van der Waals surface area (Å²) in [5.41, 5.74) is 1.26. The van der Waals surface area contributed by atoms with Gasteiger partial charge in [0.25, 0.3) is 0 Å². The quantitative estimate of drug-likeness (QED) is 0.594. The van der Waals surface area contributed by atoms with E-state index in [1.807, 2.05) is 12.1 Å². The van der Waals surface area contributed by atoms with Crippen LogP contribution in [0.15, 0.2) is 29.3 Å². The number of hydrogen-bond acceptors (Lipinski definition) is 3. The highest BCUT2D eigenvalue weighted by Crippen LogP contribution is 2.14. The van der Waals surface area contributed by atoms with Crippen molar-refractivity contribution in [3.63, 3.8) is 0 Å². The van der Waals surface area contributed by atoms with Gasteiger partial charge in [-0.15, -0.1) is 0 Å². The predicted molar refractivity (Wildman–Crippen MR) is 98.7 cm³/mol. The third-order valence-electron chi connectivity index (χ3n) is 3.97. The molecule has 5 nitrogen and oxygen atoms in total. The summed E-state index contributed by atoms with van der Waals surface area (Å²) in [5, 5.41) is 13.0. The van der Waals surface area contributed by atoms with Crippen molar-refractivity contribution >= 4 is 5.96 Å². The highest BCUT2D eigenvalue weighted by molar-refractivity contribution is 5.80. The second kappa shape index (κ2) is 9.52. The second-order valence-electron chi connectivity index (χ2n) is 6.72. The third kappa shape index (κ3) is 6.04. The molecule has 1 saturated heterocycles. The normalized spacial score (nSPS) is 18.3. The molecular weight excluding hydrogens is 302 g/mol. The number of nitrogens with one attached hydrogen (secondary N) is 1. The molecule has 1 aromatic rings. The molecule has 0 aromatic heterocycles. The van der Waals surface area contributed by atoms with Crippen LogP contribution in [0.2, 0.25) is 0 Å². The number of hydrogen-bond donors (Lipinski definition) is 2. The minimum Gasteiger partial charge on any atom is -0.493 e. The zero-order valence-corrected chi connectivity index (χ0v) is 15.2. The zero-order valence-electron chi connectivity index (χ0n) is 15.2. The number of aliphatic hydroxyl groups is 1. The maximum atomic E-state index is 9.69. The number of β-amino-alcohol motifs (C(OH)–C–C–N with tert-alkyl or cyclic N) is 1. The van der Waals surface area contributed by atoms with Crippen molar-refractivity contribution in [3.05, 3.63) is 29.8 Å². The maximum absolute atomic E-state index is 9.69. The van der Waals surface area contributed by atoms with Gasteiger partial charge in [0, 0.05) is 26.2 Å². The monoisotopic (exact) mass is 333 g/mol. The van der Waals surface area contributed by atoms with Crippen LogP contribution >= 0.6 is 0 Å². The highest BCUT2D eigenvalue weighted by atomic mass is 16.5. The fourth-order valence-corrected chi connectivity index (χ4v) is 2.67. The Morgan fingerprint density at radius 2 is 2.12 bits per heavy atom. The van der Waals surface area contributed by atoms with Crippen LogP contribution in [0.5, 0.6) is 5.75 Å². The Morgan fingerprint density at radius 1 is 1.38 bits per heavy atom. The molecular formula is C19H31N3O2. The second-order valence-corrected chi connectivity index (χ2v) is 6.72. The molecule has 0 bridgehead atoms. The Hall–Kier alpha value is -1.75. The average molecular weight is 333 g/mol. The number of aliphatic hydroxyl groups excluding tert-OH is 1. The van der Waals surface area contributed by atoms with E-state index in [9.17, 15) is 5.11 Å². The molecule has 1 heterocycles. The first-order valence-electron chi connectivity index (χ1n) is 9.01. The molecule has 0 radical (unpaired) electrons. The fourth-order valence-electron chi connectivity index (χ4n) is 2.67. The first-order chi connectivity index (χ1) is 11.6. The predicted octanol–water partition coefficient (Wildman–Crippen LogP) is 2.30. The number of nitrogens with zero attached hydrogens (tertiary/aromatic N) is 2. The fraction of sp³-hybridized carbons (Fsp3) is 0.632. The van der Waals surface area contributed by atoms with Gasteiger partial charge in [0.2, 0.25) is 0 Å². The standard InChI is InChI=1S/C19H31N3O2/c1-4-20-19(22-12-10-17(23)13-22)21-11-9-16-5-7-18(8-6-16)24-14-15(2)3/h5-8,15,17,23H,4,9-14H2,1-3H3,(H,20,21)/t17-/m1/s1. The van der Waals surface area contributed by atoms with Gasteiger partial charge >= 0.3 is 0 Å². The smallest absolute Gasteiger partial charge is 0.194 e. The van der Waals surface area contributed by atoms with Crippen LogP contribution < -0.4 is 10.1 Å². The molecule has 1 aromatic carbocycles. The van der Waals surface area contributed by atoms with Crippen molar-refractivity contribution in [2.75, 3.05) is 32.8 Å². The Labute approximate surface area is 145 Å². The Bertz CT molecular complexity index is 514. The van der Waals surface area contributed by atoms with Gasteiger partial charge in [-0.25, -0.2) is 0 Å². The van der Waals surface area contributed by atoms with Crippen molar-refractivity contribution in [1.29, 1.82) is 0 Å². The Balaban J connectivity index is 1.84. The molecule has 0 saturated carbocycles. The summed E-state index contributed by atoms with van der Waals surface area (Å²) in [5.74, 6) is 2.37. The lowest BCUT2D eigenvalue weighted by Crippen LogP contribution is -2.40. The van der Waals surface area contributed by atoms with E-state index in [2.05, 4.69) is 43.1 Å². The van der Waals surface area contributed by atoms with Crippen LogP contribution in [0.4, 0.5) is 0 Å². The first kappa shape index (κ1) is 18.6. The molecule has 0 amide bonds. The molecule has 1 aliphatic heterocycles. The van der Waals surface area contributed by atoms with Gasteiger partial charge in [0.05, 0.1) is 12.7 Å². The molecule has 2 N–H and O–H groups in total. The van der Waals surface area contributed by atoms with E-state index < -0.39 is 0 Å². The summed E-state index contributed by atoms with van der Waals surface area (Å²) in [7, 11) is 0. The van der Waals surface area contributed by atoms with Crippen LogP contribution in [0.3, 0.4) is 0 Å². The van der Waals surface area contributed by atoms with E-state index in [0.29, 0.717) is 12.5 Å². The molecule has 5 heteroatoms. The minimum atomic E-state index is -0.229.